The minimum atomic E-state index is -0.296. The second-order valence-corrected chi connectivity index (χ2v) is 2.57. The Morgan fingerprint density at radius 2 is 2.38 bits per heavy atom. The third kappa shape index (κ3) is 2.60. The highest BCUT2D eigenvalue weighted by molar-refractivity contribution is 5.72. The van der Waals surface area contributed by atoms with Crippen LogP contribution in [0.15, 0.2) is 24.3 Å². The summed E-state index contributed by atoms with van der Waals surface area (Å²) < 4.78 is 4.51. The molecule has 0 aliphatic rings. The standard InChI is InChI=1S/C10H9NO2/c1-13-10(12)6-8-3-2-4-9(5-8)7-11/h2-5H,6H2,1H3. The Kier molecular flexibility index (Phi) is 3.04. The van der Waals surface area contributed by atoms with Gasteiger partial charge in [0, 0.05) is 0 Å². The van der Waals surface area contributed by atoms with Crippen LogP contribution in [-0.2, 0) is 16.0 Å². The van der Waals surface area contributed by atoms with Gasteiger partial charge in [0.15, 0.2) is 0 Å². The van der Waals surface area contributed by atoms with E-state index in [0.717, 1.165) is 5.56 Å². The molecule has 3 heteroatoms. The molecular formula is C10H9NO2. The topological polar surface area (TPSA) is 50.1 Å². The highest BCUT2D eigenvalue weighted by Gasteiger charge is 2.02. The lowest BCUT2D eigenvalue weighted by molar-refractivity contribution is -0.139. The summed E-state index contributed by atoms with van der Waals surface area (Å²) in [5.74, 6) is -0.296. The van der Waals surface area contributed by atoms with Crippen molar-refractivity contribution >= 4 is 5.97 Å². The number of hydrogen-bond acceptors (Lipinski definition) is 3. The summed E-state index contributed by atoms with van der Waals surface area (Å²) in [5, 5.41) is 8.59. The maximum absolute atomic E-state index is 10.9. The zero-order valence-electron chi connectivity index (χ0n) is 7.28. The summed E-state index contributed by atoms with van der Waals surface area (Å²) in [6.07, 6.45) is 0.214. The van der Waals surface area contributed by atoms with Crippen LogP contribution in [0.2, 0.25) is 0 Å². The van der Waals surface area contributed by atoms with Gasteiger partial charge in [0.05, 0.1) is 25.2 Å². The SMILES string of the molecule is COC(=O)Cc1cccc(C#N)c1. The normalized spacial score (nSPS) is 8.92. The largest absolute Gasteiger partial charge is 0.469 e. The van der Waals surface area contributed by atoms with Gasteiger partial charge in [-0.3, -0.25) is 4.79 Å². The van der Waals surface area contributed by atoms with Gasteiger partial charge < -0.3 is 4.74 Å². The van der Waals surface area contributed by atoms with Gasteiger partial charge in [-0.15, -0.1) is 0 Å². The minimum Gasteiger partial charge on any atom is -0.469 e. The number of nitriles is 1. The first-order valence-corrected chi connectivity index (χ1v) is 3.82. The Bertz CT molecular complexity index is 352. The van der Waals surface area contributed by atoms with E-state index in [1.165, 1.54) is 7.11 Å². The number of ether oxygens (including phenoxy) is 1. The molecular weight excluding hydrogens is 166 g/mol. The van der Waals surface area contributed by atoms with Gasteiger partial charge in [0.25, 0.3) is 0 Å². The third-order valence-corrected chi connectivity index (χ3v) is 1.63. The van der Waals surface area contributed by atoms with E-state index in [-0.39, 0.29) is 12.4 Å². The second kappa shape index (κ2) is 4.27. The number of benzene rings is 1. The molecule has 0 aliphatic heterocycles. The molecule has 13 heavy (non-hydrogen) atoms. The summed E-state index contributed by atoms with van der Waals surface area (Å²) in [7, 11) is 1.34. The molecule has 0 saturated carbocycles. The van der Waals surface area contributed by atoms with Gasteiger partial charge >= 0.3 is 5.97 Å². The molecule has 0 N–H and O–H groups in total. The summed E-state index contributed by atoms with van der Waals surface area (Å²) >= 11 is 0. The number of nitrogens with zero attached hydrogens (tertiary/aromatic N) is 1. The molecule has 1 rings (SSSR count). The number of hydrogen-bond donors (Lipinski definition) is 0. The first kappa shape index (κ1) is 9.27. The van der Waals surface area contributed by atoms with Crippen molar-refractivity contribution in [3.8, 4) is 6.07 Å². The predicted octanol–water partition coefficient (Wildman–Crippen LogP) is 1.27. The molecule has 0 aliphatic carbocycles. The number of esters is 1. The zero-order chi connectivity index (χ0) is 9.68. The molecule has 0 amide bonds. The summed E-state index contributed by atoms with van der Waals surface area (Å²) in [6, 6.07) is 8.92. The van der Waals surface area contributed by atoms with Crippen LogP contribution in [0.25, 0.3) is 0 Å². The van der Waals surface area contributed by atoms with Crippen LogP contribution in [0.4, 0.5) is 0 Å². The highest BCUT2D eigenvalue weighted by atomic mass is 16.5. The van der Waals surface area contributed by atoms with Crippen molar-refractivity contribution in [2.24, 2.45) is 0 Å². The van der Waals surface area contributed by atoms with Gasteiger partial charge in [0.2, 0.25) is 0 Å². The first-order valence-electron chi connectivity index (χ1n) is 3.82. The summed E-state index contributed by atoms with van der Waals surface area (Å²) in [4.78, 5) is 10.9. The van der Waals surface area contributed by atoms with E-state index in [4.69, 9.17) is 5.26 Å². The molecule has 0 saturated heterocycles. The fraction of sp³-hybridized carbons (Fsp3) is 0.200. The molecule has 66 valence electrons. The molecule has 3 nitrogen and oxygen atoms in total. The molecule has 0 aromatic heterocycles. The maximum Gasteiger partial charge on any atom is 0.309 e. The highest BCUT2D eigenvalue weighted by Crippen LogP contribution is 2.05. The molecule has 1 aromatic carbocycles. The van der Waals surface area contributed by atoms with Crippen LogP contribution in [0.3, 0.4) is 0 Å². The van der Waals surface area contributed by atoms with E-state index in [1.54, 1.807) is 24.3 Å². The van der Waals surface area contributed by atoms with Crippen molar-refractivity contribution in [2.45, 2.75) is 6.42 Å². The predicted molar refractivity (Wildman–Crippen MR) is 46.9 cm³/mol. The molecule has 1 aromatic rings. The minimum absolute atomic E-state index is 0.214. The van der Waals surface area contributed by atoms with Crippen LogP contribution in [0.1, 0.15) is 11.1 Å². The van der Waals surface area contributed by atoms with Crippen LogP contribution in [-0.4, -0.2) is 13.1 Å². The number of rotatable bonds is 2. The third-order valence-electron chi connectivity index (χ3n) is 1.63. The van der Waals surface area contributed by atoms with Gasteiger partial charge in [-0.1, -0.05) is 12.1 Å². The molecule has 0 atom stereocenters. The molecule has 0 fully saturated rings. The Morgan fingerprint density at radius 3 is 3.00 bits per heavy atom. The average Bonchev–Trinajstić information content (AvgIpc) is 2.18. The van der Waals surface area contributed by atoms with Crippen molar-refractivity contribution in [3.63, 3.8) is 0 Å². The van der Waals surface area contributed by atoms with E-state index < -0.39 is 0 Å². The van der Waals surface area contributed by atoms with E-state index in [9.17, 15) is 4.79 Å². The summed E-state index contributed by atoms with van der Waals surface area (Å²) in [5.41, 5.74) is 1.35. The van der Waals surface area contributed by atoms with Crippen molar-refractivity contribution in [1.82, 2.24) is 0 Å². The van der Waals surface area contributed by atoms with Crippen LogP contribution in [0, 0.1) is 11.3 Å². The van der Waals surface area contributed by atoms with Crippen molar-refractivity contribution < 1.29 is 9.53 Å². The number of methoxy groups -OCH3 is 1. The maximum atomic E-state index is 10.9. The van der Waals surface area contributed by atoms with Crippen molar-refractivity contribution in [1.29, 1.82) is 5.26 Å². The van der Waals surface area contributed by atoms with Gasteiger partial charge in [-0.05, 0) is 17.7 Å². The fourth-order valence-corrected chi connectivity index (χ4v) is 0.990. The monoisotopic (exact) mass is 175 g/mol. The van der Waals surface area contributed by atoms with Crippen molar-refractivity contribution in [3.05, 3.63) is 35.4 Å². The molecule has 0 heterocycles. The van der Waals surface area contributed by atoms with Crippen LogP contribution < -0.4 is 0 Å². The smallest absolute Gasteiger partial charge is 0.309 e. The molecule has 0 spiro atoms. The van der Waals surface area contributed by atoms with Gasteiger partial charge in [0.1, 0.15) is 0 Å². The van der Waals surface area contributed by atoms with Crippen molar-refractivity contribution in [2.75, 3.05) is 7.11 Å². The Balaban J connectivity index is 2.79. The molecule has 0 bridgehead atoms. The van der Waals surface area contributed by atoms with Gasteiger partial charge in [-0.2, -0.15) is 5.26 Å². The lowest BCUT2D eigenvalue weighted by atomic mass is 10.1. The average molecular weight is 175 g/mol. The lowest BCUT2D eigenvalue weighted by Gasteiger charge is -1.99. The van der Waals surface area contributed by atoms with E-state index in [2.05, 4.69) is 4.74 Å². The fourth-order valence-electron chi connectivity index (χ4n) is 0.990. The van der Waals surface area contributed by atoms with E-state index in [0.29, 0.717) is 5.56 Å². The number of carbonyl (C=O) groups excluding carboxylic acids is 1. The Morgan fingerprint density at radius 1 is 1.62 bits per heavy atom. The van der Waals surface area contributed by atoms with E-state index in [1.807, 2.05) is 6.07 Å². The zero-order valence-corrected chi connectivity index (χ0v) is 7.28. The second-order valence-electron chi connectivity index (χ2n) is 2.57. The Hall–Kier alpha value is -1.82. The number of carbonyl (C=O) groups is 1. The van der Waals surface area contributed by atoms with Gasteiger partial charge in [-0.25, -0.2) is 0 Å². The lowest BCUT2D eigenvalue weighted by Crippen LogP contribution is -2.04. The quantitative estimate of drug-likeness (QED) is 0.636. The molecule has 0 unspecified atom stereocenters. The van der Waals surface area contributed by atoms with E-state index >= 15 is 0 Å². The first-order chi connectivity index (χ1) is 6.26. The molecule has 0 radical (unpaired) electrons. The Labute approximate surface area is 76.6 Å². The summed E-state index contributed by atoms with van der Waals surface area (Å²) in [6.45, 7) is 0. The van der Waals surface area contributed by atoms with Crippen LogP contribution >= 0.6 is 0 Å². The van der Waals surface area contributed by atoms with Crippen LogP contribution in [0.5, 0.6) is 0 Å².